The second-order valence-corrected chi connectivity index (χ2v) is 5.58. The molecule has 0 saturated carbocycles. The van der Waals surface area contributed by atoms with Crippen LogP contribution in [0.2, 0.25) is 0 Å². The van der Waals surface area contributed by atoms with Crippen molar-refractivity contribution >= 4 is 29.9 Å². The fraction of sp³-hybridized carbons (Fsp3) is 0.500. The Morgan fingerprint density at radius 2 is 2.00 bits per heavy atom. The maximum absolute atomic E-state index is 5.51. The first-order valence-electron chi connectivity index (χ1n) is 7.72. The predicted octanol–water partition coefficient (Wildman–Crippen LogP) is 3.03. The maximum atomic E-state index is 5.51. The lowest BCUT2D eigenvalue weighted by atomic mass is 10.1. The number of rotatable bonds is 7. The summed E-state index contributed by atoms with van der Waals surface area (Å²) >= 11 is 0. The van der Waals surface area contributed by atoms with Crippen molar-refractivity contribution < 1.29 is 9.47 Å². The molecule has 0 fully saturated rings. The zero-order valence-electron chi connectivity index (χ0n) is 15.1. The van der Waals surface area contributed by atoms with Gasteiger partial charge < -0.3 is 20.1 Å². The van der Waals surface area contributed by atoms with Gasteiger partial charge in [-0.3, -0.25) is 4.99 Å². The first-order chi connectivity index (χ1) is 11.0. The minimum atomic E-state index is 0. The van der Waals surface area contributed by atoms with Crippen LogP contribution < -0.4 is 20.1 Å². The third kappa shape index (κ3) is 7.30. The summed E-state index contributed by atoms with van der Waals surface area (Å²) in [5, 5.41) is 6.66. The zero-order valence-corrected chi connectivity index (χ0v) is 17.4. The summed E-state index contributed by atoms with van der Waals surface area (Å²) in [5.74, 6) is 5.06. The predicted molar refractivity (Wildman–Crippen MR) is 110 cm³/mol. The van der Waals surface area contributed by atoms with Gasteiger partial charge in [0.2, 0.25) is 0 Å². The first kappa shape index (κ1) is 22.4. The number of guanidine groups is 1. The van der Waals surface area contributed by atoms with Crippen molar-refractivity contribution in [1.82, 2.24) is 10.6 Å². The van der Waals surface area contributed by atoms with Crippen molar-refractivity contribution in [2.24, 2.45) is 10.9 Å². The number of methoxy groups -OCH3 is 1. The van der Waals surface area contributed by atoms with Crippen molar-refractivity contribution in [3.63, 3.8) is 0 Å². The van der Waals surface area contributed by atoms with E-state index in [-0.39, 0.29) is 30.6 Å². The summed E-state index contributed by atoms with van der Waals surface area (Å²) in [6, 6.07) is 6.11. The maximum Gasteiger partial charge on any atom is 0.191 e. The fourth-order valence-corrected chi connectivity index (χ4v) is 1.83. The number of ether oxygens (including phenoxy) is 2. The Hall–Kier alpha value is -1.62. The summed E-state index contributed by atoms with van der Waals surface area (Å²) in [5.41, 5.74) is 1.05. The molecule has 1 unspecified atom stereocenters. The smallest absolute Gasteiger partial charge is 0.191 e. The summed E-state index contributed by atoms with van der Waals surface area (Å²) in [4.78, 5) is 4.24. The molecule has 2 N–H and O–H groups in total. The topological polar surface area (TPSA) is 54.9 Å². The normalized spacial score (nSPS) is 12.0. The summed E-state index contributed by atoms with van der Waals surface area (Å²) in [6.45, 7) is 7.31. The molecular formula is C18H28IN3O2. The molecule has 0 radical (unpaired) electrons. The molecule has 134 valence electrons. The van der Waals surface area contributed by atoms with Crippen LogP contribution in [0.25, 0.3) is 0 Å². The van der Waals surface area contributed by atoms with E-state index in [0.717, 1.165) is 11.5 Å². The molecule has 0 heterocycles. The molecule has 1 rings (SSSR count). The summed E-state index contributed by atoms with van der Waals surface area (Å²) < 4.78 is 10.8. The molecule has 5 nitrogen and oxygen atoms in total. The number of hydrogen-bond acceptors (Lipinski definition) is 3. The van der Waals surface area contributed by atoms with Crippen molar-refractivity contribution in [3.8, 4) is 23.8 Å². The van der Waals surface area contributed by atoms with Crippen LogP contribution in [0.4, 0.5) is 0 Å². The van der Waals surface area contributed by atoms with E-state index in [0.29, 0.717) is 30.0 Å². The van der Waals surface area contributed by atoms with Crippen LogP contribution in [0.1, 0.15) is 26.3 Å². The Morgan fingerprint density at radius 1 is 1.29 bits per heavy atom. The lowest BCUT2D eigenvalue weighted by molar-refractivity contribution is 0.330. The van der Waals surface area contributed by atoms with E-state index in [1.165, 1.54) is 0 Å². The highest BCUT2D eigenvalue weighted by Crippen LogP contribution is 2.27. The van der Waals surface area contributed by atoms with Crippen LogP contribution in [0.3, 0.4) is 0 Å². The van der Waals surface area contributed by atoms with Gasteiger partial charge >= 0.3 is 0 Å². The number of benzene rings is 1. The van der Waals surface area contributed by atoms with E-state index < -0.39 is 0 Å². The Balaban J connectivity index is 0.00000529. The van der Waals surface area contributed by atoms with E-state index in [2.05, 4.69) is 42.3 Å². The Labute approximate surface area is 162 Å². The molecule has 0 saturated heterocycles. The second kappa shape index (κ2) is 11.8. The molecule has 1 aromatic carbocycles. The van der Waals surface area contributed by atoms with Gasteiger partial charge in [0, 0.05) is 19.6 Å². The molecule has 0 aliphatic rings. The molecule has 1 atom stereocenters. The summed E-state index contributed by atoms with van der Waals surface area (Å²) in [7, 11) is 3.37. The van der Waals surface area contributed by atoms with Gasteiger partial charge in [-0.15, -0.1) is 30.4 Å². The minimum absolute atomic E-state index is 0. The highest BCUT2D eigenvalue weighted by atomic mass is 127. The Kier molecular flexibility index (Phi) is 11.0. The van der Waals surface area contributed by atoms with Gasteiger partial charge in [0.15, 0.2) is 17.5 Å². The lowest BCUT2D eigenvalue weighted by Crippen LogP contribution is -2.43. The van der Waals surface area contributed by atoms with Crippen molar-refractivity contribution in [1.29, 1.82) is 0 Å². The number of nitrogens with zero attached hydrogens (tertiary/aromatic N) is 1. The minimum Gasteiger partial charge on any atom is -0.493 e. The molecule has 24 heavy (non-hydrogen) atoms. The molecule has 0 spiro atoms. The monoisotopic (exact) mass is 445 g/mol. The Morgan fingerprint density at radius 3 is 2.54 bits per heavy atom. The SMILES string of the molecule is C#CCOc1cc(CNC(=NC)NC(C)C(C)C)ccc1OC.I. The lowest BCUT2D eigenvalue weighted by Gasteiger charge is -2.21. The van der Waals surface area contributed by atoms with E-state index in [1.807, 2.05) is 18.2 Å². The average molecular weight is 445 g/mol. The number of aliphatic imine (C=N–C) groups is 1. The highest BCUT2D eigenvalue weighted by Gasteiger charge is 2.10. The van der Waals surface area contributed by atoms with Crippen LogP contribution in [0, 0.1) is 18.3 Å². The largest absolute Gasteiger partial charge is 0.493 e. The molecule has 0 aliphatic carbocycles. The van der Waals surface area contributed by atoms with Gasteiger partial charge in [0.25, 0.3) is 0 Å². The molecule has 1 aromatic rings. The standard InChI is InChI=1S/C18H27N3O2.HI/c1-7-10-23-17-11-15(8-9-16(17)22-6)12-20-18(19-5)21-14(4)13(2)3;/h1,8-9,11,13-14H,10,12H2,2-6H3,(H2,19,20,21);1H. The number of halogens is 1. The third-order valence-electron chi connectivity index (χ3n) is 3.59. The molecule has 0 aromatic heterocycles. The van der Waals surface area contributed by atoms with Crippen LogP contribution in [0.15, 0.2) is 23.2 Å². The average Bonchev–Trinajstić information content (AvgIpc) is 2.56. The van der Waals surface area contributed by atoms with Gasteiger partial charge in [-0.2, -0.15) is 0 Å². The first-order valence-corrected chi connectivity index (χ1v) is 7.72. The third-order valence-corrected chi connectivity index (χ3v) is 3.59. The van der Waals surface area contributed by atoms with Crippen LogP contribution in [0.5, 0.6) is 11.5 Å². The van der Waals surface area contributed by atoms with Crippen LogP contribution in [-0.4, -0.2) is 32.8 Å². The number of hydrogen-bond donors (Lipinski definition) is 2. The van der Waals surface area contributed by atoms with Crippen LogP contribution in [-0.2, 0) is 6.54 Å². The highest BCUT2D eigenvalue weighted by molar-refractivity contribution is 14.0. The fourth-order valence-electron chi connectivity index (χ4n) is 1.83. The molecule has 0 bridgehead atoms. The van der Waals surface area contributed by atoms with Crippen molar-refractivity contribution in [3.05, 3.63) is 23.8 Å². The summed E-state index contributed by atoms with van der Waals surface area (Å²) in [6.07, 6.45) is 5.24. The van der Waals surface area contributed by atoms with Gasteiger partial charge in [0.05, 0.1) is 7.11 Å². The van der Waals surface area contributed by atoms with Gasteiger partial charge in [0.1, 0.15) is 6.61 Å². The van der Waals surface area contributed by atoms with E-state index in [4.69, 9.17) is 15.9 Å². The Bertz CT molecular complexity index is 568. The van der Waals surface area contributed by atoms with Crippen molar-refractivity contribution in [2.45, 2.75) is 33.4 Å². The molecule has 0 aliphatic heterocycles. The van der Waals surface area contributed by atoms with Crippen molar-refractivity contribution in [2.75, 3.05) is 20.8 Å². The zero-order chi connectivity index (χ0) is 17.2. The quantitative estimate of drug-likeness (QED) is 0.293. The molecule has 6 heteroatoms. The number of nitrogens with one attached hydrogen (secondary N) is 2. The van der Waals surface area contributed by atoms with Gasteiger partial charge in [-0.25, -0.2) is 0 Å². The van der Waals surface area contributed by atoms with E-state index in [1.54, 1.807) is 14.2 Å². The number of terminal acetylenes is 1. The second-order valence-electron chi connectivity index (χ2n) is 5.58. The van der Waals surface area contributed by atoms with Gasteiger partial charge in [-0.1, -0.05) is 25.8 Å². The van der Waals surface area contributed by atoms with Crippen LogP contribution >= 0.6 is 24.0 Å². The molecular weight excluding hydrogens is 417 g/mol. The van der Waals surface area contributed by atoms with Gasteiger partial charge in [-0.05, 0) is 30.5 Å². The van der Waals surface area contributed by atoms with E-state index in [9.17, 15) is 0 Å². The van der Waals surface area contributed by atoms with E-state index >= 15 is 0 Å². The molecule has 0 amide bonds.